The summed E-state index contributed by atoms with van der Waals surface area (Å²) in [4.78, 5) is 11.5. The Hall–Kier alpha value is -1.55. The predicted octanol–water partition coefficient (Wildman–Crippen LogP) is 2.12. The zero-order chi connectivity index (χ0) is 13.5. The second-order valence-corrected chi connectivity index (χ2v) is 4.48. The van der Waals surface area contributed by atoms with E-state index in [0.717, 1.165) is 12.2 Å². The minimum absolute atomic E-state index is 0.182. The smallest absolute Gasteiger partial charge is 0.244 e. The molecule has 100 valence electrons. The molecule has 18 heavy (non-hydrogen) atoms. The third-order valence-corrected chi connectivity index (χ3v) is 2.95. The Balaban J connectivity index is 2.36. The van der Waals surface area contributed by atoms with Gasteiger partial charge in [-0.15, -0.1) is 0 Å². The fourth-order valence-corrected chi connectivity index (χ4v) is 1.44. The highest BCUT2D eigenvalue weighted by molar-refractivity contribution is 5.91. The van der Waals surface area contributed by atoms with Gasteiger partial charge in [-0.05, 0) is 31.1 Å². The van der Waals surface area contributed by atoms with Gasteiger partial charge in [-0.2, -0.15) is 0 Å². The van der Waals surface area contributed by atoms with Crippen LogP contribution in [0.4, 0.5) is 0 Å². The minimum Gasteiger partial charge on any atom is -0.462 e. The minimum atomic E-state index is -0.502. The first kappa shape index (κ1) is 14.5. The third-order valence-electron chi connectivity index (χ3n) is 2.95. The van der Waals surface area contributed by atoms with E-state index < -0.39 is 6.10 Å². The fourth-order valence-electron chi connectivity index (χ4n) is 1.44. The van der Waals surface area contributed by atoms with Crippen molar-refractivity contribution in [2.75, 3.05) is 6.54 Å². The van der Waals surface area contributed by atoms with Crippen LogP contribution in [-0.2, 0) is 4.79 Å². The summed E-state index contributed by atoms with van der Waals surface area (Å²) < 4.78 is 5.30. The molecule has 2 N–H and O–H groups in total. The quantitative estimate of drug-likeness (QED) is 0.761. The first-order valence-corrected chi connectivity index (χ1v) is 6.23. The van der Waals surface area contributed by atoms with Crippen LogP contribution in [0.1, 0.15) is 31.8 Å². The maximum atomic E-state index is 11.5. The molecule has 0 aromatic carbocycles. The molecule has 2 atom stereocenters. The number of hydrogen-bond donors (Lipinski definition) is 2. The summed E-state index contributed by atoms with van der Waals surface area (Å²) in [5.41, 5.74) is 0. The first-order chi connectivity index (χ1) is 8.52. The highest BCUT2D eigenvalue weighted by Gasteiger charge is 2.12. The lowest BCUT2D eigenvalue weighted by molar-refractivity contribution is -0.117. The van der Waals surface area contributed by atoms with Gasteiger partial charge in [0.2, 0.25) is 5.91 Å². The van der Waals surface area contributed by atoms with E-state index in [1.54, 1.807) is 12.1 Å². The van der Waals surface area contributed by atoms with Crippen LogP contribution in [0.25, 0.3) is 6.08 Å². The van der Waals surface area contributed by atoms with Gasteiger partial charge in [0.15, 0.2) is 0 Å². The van der Waals surface area contributed by atoms with Gasteiger partial charge in [-0.25, -0.2) is 0 Å². The first-order valence-electron chi connectivity index (χ1n) is 6.23. The van der Waals surface area contributed by atoms with Gasteiger partial charge in [0.25, 0.3) is 0 Å². The normalized spacial score (nSPS) is 14.7. The van der Waals surface area contributed by atoms with E-state index in [2.05, 4.69) is 5.32 Å². The largest absolute Gasteiger partial charge is 0.462 e. The van der Waals surface area contributed by atoms with Crippen LogP contribution in [-0.4, -0.2) is 23.7 Å². The Kier molecular flexibility index (Phi) is 5.65. The fraction of sp³-hybridized carbons (Fsp3) is 0.500. The van der Waals surface area contributed by atoms with Crippen molar-refractivity contribution in [2.24, 2.45) is 5.92 Å². The van der Waals surface area contributed by atoms with Gasteiger partial charge < -0.3 is 14.8 Å². The molecule has 1 heterocycles. The number of amides is 1. The molecule has 0 spiro atoms. The molecule has 0 bridgehead atoms. The summed E-state index contributed by atoms with van der Waals surface area (Å²) >= 11 is 0. The number of nitrogens with one attached hydrogen (secondary N) is 1. The van der Waals surface area contributed by atoms with E-state index in [0.29, 0.717) is 5.76 Å². The standard InChI is InChI=1S/C14H21NO3/c1-4-10(2)13(16)9-15-14(17)8-7-12-6-5-11(3)18-12/h5-8,10,13,16H,4,9H2,1-3H3,(H,15,17)/b8-7+. The Morgan fingerprint density at radius 1 is 1.56 bits per heavy atom. The number of furan rings is 1. The summed E-state index contributed by atoms with van der Waals surface area (Å²) in [7, 11) is 0. The molecule has 0 aliphatic rings. The lowest BCUT2D eigenvalue weighted by atomic mass is 10.0. The van der Waals surface area contributed by atoms with Crippen molar-refractivity contribution < 1.29 is 14.3 Å². The molecule has 2 unspecified atom stereocenters. The van der Waals surface area contributed by atoms with Crippen LogP contribution in [0.15, 0.2) is 22.6 Å². The maximum Gasteiger partial charge on any atom is 0.244 e. The van der Waals surface area contributed by atoms with Crippen LogP contribution in [0.2, 0.25) is 0 Å². The summed E-state index contributed by atoms with van der Waals surface area (Å²) in [5.74, 6) is 1.40. The van der Waals surface area contributed by atoms with Crippen molar-refractivity contribution in [3.8, 4) is 0 Å². The summed E-state index contributed by atoms with van der Waals surface area (Å²) in [6, 6.07) is 3.64. The summed E-state index contributed by atoms with van der Waals surface area (Å²) in [5, 5.41) is 12.4. The second kappa shape index (κ2) is 7.01. The highest BCUT2D eigenvalue weighted by Crippen LogP contribution is 2.08. The van der Waals surface area contributed by atoms with Crippen molar-refractivity contribution in [1.82, 2.24) is 5.32 Å². The van der Waals surface area contributed by atoms with Gasteiger partial charge in [-0.1, -0.05) is 20.3 Å². The third kappa shape index (κ3) is 4.75. The SMILES string of the molecule is CCC(C)C(O)CNC(=O)/C=C/c1ccc(C)o1. The molecule has 0 fully saturated rings. The molecule has 1 aromatic heterocycles. The zero-order valence-electron chi connectivity index (χ0n) is 11.1. The number of carbonyl (C=O) groups is 1. The molecule has 1 amide bonds. The predicted molar refractivity (Wildman–Crippen MR) is 71.0 cm³/mol. The van der Waals surface area contributed by atoms with Gasteiger partial charge in [-0.3, -0.25) is 4.79 Å². The van der Waals surface area contributed by atoms with E-state index in [9.17, 15) is 9.90 Å². The average Bonchev–Trinajstić information content (AvgIpc) is 2.78. The van der Waals surface area contributed by atoms with Crippen molar-refractivity contribution >= 4 is 12.0 Å². The zero-order valence-corrected chi connectivity index (χ0v) is 11.1. The van der Waals surface area contributed by atoms with E-state index in [4.69, 9.17) is 4.42 Å². The highest BCUT2D eigenvalue weighted by atomic mass is 16.3. The molecule has 0 saturated heterocycles. The molecular weight excluding hydrogens is 230 g/mol. The monoisotopic (exact) mass is 251 g/mol. The van der Waals surface area contributed by atoms with Crippen molar-refractivity contribution in [3.05, 3.63) is 29.7 Å². The molecule has 0 aliphatic heterocycles. The van der Waals surface area contributed by atoms with Gasteiger partial charge in [0.05, 0.1) is 6.10 Å². The average molecular weight is 251 g/mol. The Morgan fingerprint density at radius 3 is 2.83 bits per heavy atom. The maximum absolute atomic E-state index is 11.5. The lowest BCUT2D eigenvalue weighted by Gasteiger charge is -2.16. The number of rotatable bonds is 6. The Bertz CT molecular complexity index is 409. The van der Waals surface area contributed by atoms with Gasteiger partial charge in [0, 0.05) is 12.6 Å². The van der Waals surface area contributed by atoms with E-state index in [-0.39, 0.29) is 18.4 Å². The molecule has 1 aromatic rings. The molecule has 0 radical (unpaired) electrons. The summed E-state index contributed by atoms with van der Waals surface area (Å²) in [6.07, 6.45) is 3.40. The van der Waals surface area contributed by atoms with Crippen LogP contribution < -0.4 is 5.32 Å². The molecular formula is C14H21NO3. The molecule has 0 aliphatic carbocycles. The molecule has 4 nitrogen and oxygen atoms in total. The number of aryl methyl sites for hydroxylation is 1. The van der Waals surface area contributed by atoms with Crippen LogP contribution in [0, 0.1) is 12.8 Å². The van der Waals surface area contributed by atoms with Crippen LogP contribution in [0.3, 0.4) is 0 Å². The molecule has 4 heteroatoms. The van der Waals surface area contributed by atoms with Gasteiger partial charge in [0.1, 0.15) is 11.5 Å². The van der Waals surface area contributed by atoms with E-state index >= 15 is 0 Å². The Morgan fingerprint density at radius 2 is 2.28 bits per heavy atom. The number of aliphatic hydroxyl groups excluding tert-OH is 1. The molecule has 1 rings (SSSR count). The van der Waals surface area contributed by atoms with E-state index in [1.165, 1.54) is 6.08 Å². The number of hydrogen-bond acceptors (Lipinski definition) is 3. The second-order valence-electron chi connectivity index (χ2n) is 4.48. The van der Waals surface area contributed by atoms with Crippen LogP contribution >= 0.6 is 0 Å². The Labute approximate surface area is 108 Å². The topological polar surface area (TPSA) is 62.5 Å². The van der Waals surface area contributed by atoms with Crippen molar-refractivity contribution in [1.29, 1.82) is 0 Å². The van der Waals surface area contributed by atoms with Crippen LogP contribution in [0.5, 0.6) is 0 Å². The summed E-state index contributed by atoms with van der Waals surface area (Å²) in [6.45, 7) is 6.09. The van der Waals surface area contributed by atoms with Crippen molar-refractivity contribution in [3.63, 3.8) is 0 Å². The number of carbonyl (C=O) groups excluding carboxylic acids is 1. The van der Waals surface area contributed by atoms with Crippen molar-refractivity contribution in [2.45, 2.75) is 33.3 Å². The van der Waals surface area contributed by atoms with Gasteiger partial charge >= 0.3 is 0 Å². The number of aliphatic hydroxyl groups is 1. The molecule has 0 saturated carbocycles. The van der Waals surface area contributed by atoms with E-state index in [1.807, 2.05) is 26.8 Å². The lowest BCUT2D eigenvalue weighted by Crippen LogP contribution is -2.34.